The highest BCUT2D eigenvalue weighted by Gasteiger charge is 2.32. The van der Waals surface area contributed by atoms with E-state index in [1.165, 1.54) is 23.9 Å². The Hall–Kier alpha value is -1.56. The summed E-state index contributed by atoms with van der Waals surface area (Å²) in [4.78, 5) is 24.4. The highest BCUT2D eigenvalue weighted by molar-refractivity contribution is 8.00. The van der Waals surface area contributed by atoms with Crippen LogP contribution < -0.4 is 10.6 Å². The van der Waals surface area contributed by atoms with Gasteiger partial charge in [-0.05, 0) is 37.5 Å². The second-order valence-corrected chi connectivity index (χ2v) is 7.15. The van der Waals surface area contributed by atoms with Crippen LogP contribution in [0.3, 0.4) is 0 Å². The van der Waals surface area contributed by atoms with Gasteiger partial charge in [-0.3, -0.25) is 9.59 Å². The molecule has 2 rings (SSSR count). The van der Waals surface area contributed by atoms with Gasteiger partial charge in [-0.1, -0.05) is 25.5 Å². The first kappa shape index (κ1) is 17.8. The molecular formula is C17H23FN2O2S. The second-order valence-electron chi connectivity index (χ2n) is 5.91. The Balaban J connectivity index is 1.85. The average molecular weight is 338 g/mol. The largest absolute Gasteiger partial charge is 0.352 e. The summed E-state index contributed by atoms with van der Waals surface area (Å²) < 4.78 is 12.9. The number of carbonyl (C=O) groups excluding carboxylic acids is 2. The molecule has 23 heavy (non-hydrogen) atoms. The van der Waals surface area contributed by atoms with Crippen molar-refractivity contribution in [2.45, 2.75) is 50.4 Å². The van der Waals surface area contributed by atoms with Crippen molar-refractivity contribution in [3.05, 3.63) is 35.6 Å². The van der Waals surface area contributed by atoms with Crippen LogP contribution in [0, 0.1) is 5.82 Å². The minimum atomic E-state index is -0.476. The molecule has 0 radical (unpaired) electrons. The number of benzene rings is 1. The molecule has 4 nitrogen and oxygen atoms in total. The van der Waals surface area contributed by atoms with Crippen LogP contribution in [0.25, 0.3) is 0 Å². The number of nitrogens with one attached hydrogen (secondary N) is 2. The molecule has 1 aliphatic rings. The molecule has 1 aliphatic heterocycles. The maximum Gasteiger partial charge on any atom is 0.243 e. The van der Waals surface area contributed by atoms with Gasteiger partial charge in [0.2, 0.25) is 11.8 Å². The molecule has 0 spiro atoms. The van der Waals surface area contributed by atoms with Gasteiger partial charge in [-0.25, -0.2) is 4.39 Å². The van der Waals surface area contributed by atoms with E-state index in [2.05, 4.69) is 17.6 Å². The molecule has 2 N–H and O–H groups in total. The van der Waals surface area contributed by atoms with E-state index < -0.39 is 6.04 Å². The van der Waals surface area contributed by atoms with E-state index in [0.29, 0.717) is 12.2 Å². The van der Waals surface area contributed by atoms with Crippen molar-refractivity contribution in [1.82, 2.24) is 10.6 Å². The fraction of sp³-hybridized carbons (Fsp3) is 0.529. The molecular weight excluding hydrogens is 315 g/mol. The van der Waals surface area contributed by atoms with Crippen LogP contribution >= 0.6 is 11.8 Å². The van der Waals surface area contributed by atoms with Crippen LogP contribution in [0.15, 0.2) is 24.3 Å². The van der Waals surface area contributed by atoms with E-state index in [4.69, 9.17) is 0 Å². The minimum Gasteiger partial charge on any atom is -0.352 e. The van der Waals surface area contributed by atoms with Gasteiger partial charge in [0.1, 0.15) is 11.9 Å². The van der Waals surface area contributed by atoms with Crippen molar-refractivity contribution in [2.24, 2.45) is 0 Å². The summed E-state index contributed by atoms with van der Waals surface area (Å²) >= 11 is 1.48. The Bertz CT molecular complexity index is 550. The molecule has 0 aromatic heterocycles. The first-order valence-corrected chi connectivity index (χ1v) is 9.01. The number of rotatable bonds is 6. The standard InChI is InChI=1S/C17H23FN2O2S/c1-3-4-11(2)19-16(21)14-10-23-15(17(22)20-14)9-12-5-7-13(18)8-6-12/h5-8,11,14-15H,3-4,9-10H2,1-2H3,(H,19,21)(H,20,22). The molecule has 0 aliphatic carbocycles. The lowest BCUT2D eigenvalue weighted by molar-refractivity contribution is -0.129. The molecule has 126 valence electrons. The second kappa shape index (κ2) is 8.34. The number of halogens is 1. The van der Waals surface area contributed by atoms with Crippen LogP contribution in [0.5, 0.6) is 0 Å². The summed E-state index contributed by atoms with van der Waals surface area (Å²) in [5, 5.41) is 5.49. The SMILES string of the molecule is CCCC(C)NC(=O)C1CSC(Cc2ccc(F)cc2)C(=O)N1. The predicted molar refractivity (Wildman–Crippen MR) is 90.8 cm³/mol. The van der Waals surface area contributed by atoms with Gasteiger partial charge in [0.15, 0.2) is 0 Å². The zero-order valence-electron chi connectivity index (χ0n) is 13.5. The van der Waals surface area contributed by atoms with Gasteiger partial charge in [-0.15, -0.1) is 11.8 Å². The third kappa shape index (κ3) is 5.23. The Labute approximate surface area is 140 Å². The third-order valence-corrected chi connectivity index (χ3v) is 5.14. The number of hydrogen-bond acceptors (Lipinski definition) is 3. The zero-order valence-corrected chi connectivity index (χ0v) is 14.3. The highest BCUT2D eigenvalue weighted by Crippen LogP contribution is 2.22. The molecule has 1 heterocycles. The fourth-order valence-electron chi connectivity index (χ4n) is 2.57. The Morgan fingerprint density at radius 2 is 2.13 bits per heavy atom. The van der Waals surface area contributed by atoms with E-state index in [1.54, 1.807) is 12.1 Å². The quantitative estimate of drug-likeness (QED) is 0.837. The van der Waals surface area contributed by atoms with Crippen LogP contribution in [-0.2, 0) is 16.0 Å². The van der Waals surface area contributed by atoms with Crippen molar-refractivity contribution >= 4 is 23.6 Å². The lowest BCUT2D eigenvalue weighted by atomic mass is 10.1. The van der Waals surface area contributed by atoms with E-state index in [1.807, 2.05) is 6.92 Å². The first-order valence-electron chi connectivity index (χ1n) is 7.96. The summed E-state index contributed by atoms with van der Waals surface area (Å²) in [6.45, 7) is 4.04. The Morgan fingerprint density at radius 1 is 1.43 bits per heavy atom. The van der Waals surface area contributed by atoms with Gasteiger partial charge in [0, 0.05) is 11.8 Å². The monoisotopic (exact) mass is 338 g/mol. The molecule has 1 aromatic carbocycles. The molecule has 3 unspecified atom stereocenters. The van der Waals surface area contributed by atoms with Crippen molar-refractivity contribution < 1.29 is 14.0 Å². The summed E-state index contributed by atoms with van der Waals surface area (Å²) in [6, 6.07) is 5.81. The van der Waals surface area contributed by atoms with Crippen LogP contribution in [0.2, 0.25) is 0 Å². The summed E-state index contributed by atoms with van der Waals surface area (Å²) in [5.41, 5.74) is 0.915. The van der Waals surface area contributed by atoms with Gasteiger partial charge in [0.25, 0.3) is 0 Å². The van der Waals surface area contributed by atoms with E-state index >= 15 is 0 Å². The fourth-order valence-corrected chi connectivity index (χ4v) is 3.76. The lowest BCUT2D eigenvalue weighted by Gasteiger charge is -2.29. The maximum atomic E-state index is 12.9. The van der Waals surface area contributed by atoms with Crippen molar-refractivity contribution in [2.75, 3.05) is 5.75 Å². The van der Waals surface area contributed by atoms with Gasteiger partial charge < -0.3 is 10.6 Å². The molecule has 1 saturated heterocycles. The smallest absolute Gasteiger partial charge is 0.243 e. The zero-order chi connectivity index (χ0) is 16.8. The molecule has 1 aromatic rings. The number of hydrogen-bond donors (Lipinski definition) is 2. The normalized spacial score (nSPS) is 22.3. The van der Waals surface area contributed by atoms with Crippen LogP contribution in [0.1, 0.15) is 32.3 Å². The Morgan fingerprint density at radius 3 is 2.74 bits per heavy atom. The van der Waals surface area contributed by atoms with Crippen molar-refractivity contribution in [3.63, 3.8) is 0 Å². The third-order valence-electron chi connectivity index (χ3n) is 3.83. The molecule has 3 atom stereocenters. The molecule has 1 fully saturated rings. The summed E-state index contributed by atoms with van der Waals surface area (Å²) in [7, 11) is 0. The number of carbonyl (C=O) groups is 2. The van der Waals surface area contributed by atoms with E-state index in [0.717, 1.165) is 18.4 Å². The van der Waals surface area contributed by atoms with Crippen molar-refractivity contribution in [1.29, 1.82) is 0 Å². The summed E-state index contributed by atoms with van der Waals surface area (Å²) in [6.07, 6.45) is 2.47. The highest BCUT2D eigenvalue weighted by atomic mass is 32.2. The number of amides is 2. The topological polar surface area (TPSA) is 58.2 Å². The Kier molecular flexibility index (Phi) is 6.45. The average Bonchev–Trinajstić information content (AvgIpc) is 2.51. The molecule has 2 amide bonds. The van der Waals surface area contributed by atoms with Crippen LogP contribution in [0.4, 0.5) is 4.39 Å². The van der Waals surface area contributed by atoms with E-state index in [-0.39, 0.29) is 28.9 Å². The van der Waals surface area contributed by atoms with Gasteiger partial charge in [-0.2, -0.15) is 0 Å². The van der Waals surface area contributed by atoms with E-state index in [9.17, 15) is 14.0 Å². The molecule has 0 bridgehead atoms. The first-order chi connectivity index (χ1) is 11.0. The van der Waals surface area contributed by atoms with Crippen LogP contribution in [-0.4, -0.2) is 34.9 Å². The van der Waals surface area contributed by atoms with Gasteiger partial charge in [0.05, 0.1) is 5.25 Å². The lowest BCUT2D eigenvalue weighted by Crippen LogP contribution is -2.55. The molecule has 0 saturated carbocycles. The summed E-state index contributed by atoms with van der Waals surface area (Å²) in [5.74, 6) is 0.0239. The predicted octanol–water partition coefficient (Wildman–Crippen LogP) is 2.27. The molecule has 6 heteroatoms. The minimum absolute atomic E-state index is 0.117. The van der Waals surface area contributed by atoms with Gasteiger partial charge >= 0.3 is 0 Å². The number of thioether (sulfide) groups is 1. The van der Waals surface area contributed by atoms with Crippen molar-refractivity contribution in [3.8, 4) is 0 Å². The maximum absolute atomic E-state index is 12.9.